The number of rotatable bonds is 2. The van der Waals surface area contributed by atoms with E-state index in [0.717, 1.165) is 0 Å². The Bertz CT molecular complexity index is 335. The highest BCUT2D eigenvalue weighted by Crippen LogP contribution is 2.27. The fourth-order valence-electron chi connectivity index (χ4n) is 0.680. The number of carbonyl (C=O) groups is 2. The number of carboxylic acid groups (broad SMARTS) is 2. The molecule has 8 nitrogen and oxygen atoms in total. The summed E-state index contributed by atoms with van der Waals surface area (Å²) in [6, 6.07) is 0. The quantitative estimate of drug-likeness (QED) is 0.685. The Labute approximate surface area is 76.7 Å². The number of ether oxygens (including phenoxy) is 2. The summed E-state index contributed by atoms with van der Waals surface area (Å²) in [6.45, 7) is 1.38. The summed E-state index contributed by atoms with van der Waals surface area (Å²) < 4.78 is 12.8. The second-order valence-electron chi connectivity index (χ2n) is 2.06. The molecule has 0 amide bonds. The lowest BCUT2D eigenvalue weighted by Gasteiger charge is -1.95. The van der Waals surface area contributed by atoms with E-state index in [9.17, 15) is 9.59 Å². The van der Waals surface area contributed by atoms with Crippen LogP contribution in [-0.4, -0.2) is 27.5 Å². The molecule has 0 aliphatic carbocycles. The average molecular weight is 203 g/mol. The number of oxazole rings is 1. The molecule has 2 N–H and O–H groups in total. The summed E-state index contributed by atoms with van der Waals surface area (Å²) in [7, 11) is 0. The van der Waals surface area contributed by atoms with Crippen molar-refractivity contribution in [1.29, 1.82) is 0 Å². The summed E-state index contributed by atoms with van der Waals surface area (Å²) in [6.07, 6.45) is -3.30. The number of aromatic nitrogens is 1. The molecular weight excluding hydrogens is 198 g/mol. The Kier molecular flexibility index (Phi) is 2.56. The van der Waals surface area contributed by atoms with Gasteiger partial charge >= 0.3 is 24.1 Å². The summed E-state index contributed by atoms with van der Waals surface area (Å²) in [4.78, 5) is 23.7. The lowest BCUT2D eigenvalue weighted by atomic mass is 10.8. The van der Waals surface area contributed by atoms with Crippen LogP contribution in [0.5, 0.6) is 11.8 Å². The van der Waals surface area contributed by atoms with E-state index >= 15 is 0 Å². The zero-order chi connectivity index (χ0) is 10.7. The maximum absolute atomic E-state index is 10.1. The van der Waals surface area contributed by atoms with Gasteiger partial charge in [0, 0.05) is 6.92 Å². The van der Waals surface area contributed by atoms with Crippen molar-refractivity contribution < 1.29 is 33.7 Å². The SMILES string of the molecule is Cc1nc(OC(=O)O)c(OC(=O)O)o1. The van der Waals surface area contributed by atoms with E-state index in [1.165, 1.54) is 6.92 Å². The first-order valence-electron chi connectivity index (χ1n) is 3.28. The Morgan fingerprint density at radius 1 is 1.29 bits per heavy atom. The van der Waals surface area contributed by atoms with Crippen LogP contribution >= 0.6 is 0 Å². The van der Waals surface area contributed by atoms with Crippen LogP contribution in [0, 0.1) is 6.92 Å². The Morgan fingerprint density at radius 3 is 2.36 bits per heavy atom. The standard InChI is InChI=1S/C6H5NO7/c1-2-7-3(13-5(8)9)4(12-2)14-6(10)11/h1H3,(H,8,9)(H,10,11). The van der Waals surface area contributed by atoms with Crippen molar-refractivity contribution in [2.45, 2.75) is 6.92 Å². The lowest BCUT2D eigenvalue weighted by molar-refractivity contribution is 0.122. The highest BCUT2D eigenvalue weighted by molar-refractivity contribution is 5.64. The van der Waals surface area contributed by atoms with Gasteiger partial charge in [0.05, 0.1) is 0 Å². The Hall–Kier alpha value is -2.25. The Morgan fingerprint density at radius 2 is 1.86 bits per heavy atom. The lowest BCUT2D eigenvalue weighted by Crippen LogP contribution is -2.07. The van der Waals surface area contributed by atoms with E-state index in [2.05, 4.69) is 18.9 Å². The van der Waals surface area contributed by atoms with E-state index < -0.39 is 24.1 Å². The maximum Gasteiger partial charge on any atom is 0.513 e. The van der Waals surface area contributed by atoms with Gasteiger partial charge in [-0.3, -0.25) is 0 Å². The molecule has 14 heavy (non-hydrogen) atoms. The fourth-order valence-corrected chi connectivity index (χ4v) is 0.680. The van der Waals surface area contributed by atoms with Crippen LogP contribution in [0.3, 0.4) is 0 Å². The smallest absolute Gasteiger partial charge is 0.449 e. The van der Waals surface area contributed by atoms with Gasteiger partial charge in [-0.25, -0.2) is 9.59 Å². The van der Waals surface area contributed by atoms with Gasteiger partial charge in [-0.2, -0.15) is 4.98 Å². The normalized spacial score (nSPS) is 9.50. The molecule has 0 bridgehead atoms. The molecule has 1 aromatic heterocycles. The van der Waals surface area contributed by atoms with Crippen molar-refractivity contribution in [2.24, 2.45) is 0 Å². The molecule has 0 aliphatic rings. The van der Waals surface area contributed by atoms with Crippen LogP contribution in [0.2, 0.25) is 0 Å². The molecule has 0 radical (unpaired) electrons. The molecule has 0 aromatic carbocycles. The molecule has 0 saturated heterocycles. The highest BCUT2D eigenvalue weighted by Gasteiger charge is 2.19. The molecule has 0 saturated carbocycles. The topological polar surface area (TPSA) is 119 Å². The van der Waals surface area contributed by atoms with Gasteiger partial charge in [-0.1, -0.05) is 0 Å². The minimum atomic E-state index is -1.66. The minimum absolute atomic E-state index is 0.0255. The van der Waals surface area contributed by atoms with Gasteiger partial charge in [0.15, 0.2) is 5.89 Å². The summed E-state index contributed by atoms with van der Waals surface area (Å²) in [5, 5.41) is 16.4. The molecular formula is C6H5NO7. The largest absolute Gasteiger partial charge is 0.513 e. The van der Waals surface area contributed by atoms with Crippen molar-refractivity contribution >= 4 is 12.3 Å². The van der Waals surface area contributed by atoms with E-state index in [4.69, 9.17) is 10.2 Å². The van der Waals surface area contributed by atoms with Crippen molar-refractivity contribution in [3.8, 4) is 11.8 Å². The first kappa shape index (κ1) is 9.84. The van der Waals surface area contributed by atoms with Crippen LogP contribution in [-0.2, 0) is 0 Å². The van der Waals surface area contributed by atoms with Gasteiger partial charge in [0.2, 0.25) is 0 Å². The molecule has 1 rings (SSSR count). The maximum atomic E-state index is 10.1. The minimum Gasteiger partial charge on any atom is -0.449 e. The second-order valence-corrected chi connectivity index (χ2v) is 2.06. The number of hydrogen-bond donors (Lipinski definition) is 2. The molecule has 0 unspecified atom stereocenters. The first-order chi connectivity index (χ1) is 6.49. The van der Waals surface area contributed by atoms with Crippen molar-refractivity contribution in [3.63, 3.8) is 0 Å². The first-order valence-corrected chi connectivity index (χ1v) is 3.28. The molecule has 1 heterocycles. The van der Waals surface area contributed by atoms with E-state index in [0.29, 0.717) is 0 Å². The van der Waals surface area contributed by atoms with E-state index in [1.807, 2.05) is 0 Å². The zero-order valence-corrected chi connectivity index (χ0v) is 6.88. The van der Waals surface area contributed by atoms with Crippen LogP contribution in [0.25, 0.3) is 0 Å². The molecule has 0 fully saturated rings. The number of hydrogen-bond acceptors (Lipinski definition) is 6. The van der Waals surface area contributed by atoms with E-state index in [-0.39, 0.29) is 5.89 Å². The number of aryl methyl sites for hydroxylation is 1. The summed E-state index contributed by atoms with van der Waals surface area (Å²) >= 11 is 0. The molecule has 8 heteroatoms. The third-order valence-electron chi connectivity index (χ3n) is 1.04. The number of nitrogens with zero attached hydrogens (tertiary/aromatic N) is 1. The summed E-state index contributed by atoms with van der Waals surface area (Å²) in [5.41, 5.74) is 0. The second kappa shape index (κ2) is 3.64. The van der Waals surface area contributed by atoms with Gasteiger partial charge in [0.25, 0.3) is 0 Å². The zero-order valence-electron chi connectivity index (χ0n) is 6.88. The summed E-state index contributed by atoms with van der Waals surface area (Å²) in [5.74, 6) is -1.13. The monoisotopic (exact) mass is 203 g/mol. The third kappa shape index (κ3) is 2.37. The molecule has 1 aromatic rings. The van der Waals surface area contributed by atoms with Crippen LogP contribution in [0.1, 0.15) is 5.89 Å². The van der Waals surface area contributed by atoms with Gasteiger partial charge in [-0.15, -0.1) is 0 Å². The van der Waals surface area contributed by atoms with E-state index in [1.54, 1.807) is 0 Å². The molecule has 0 aliphatic heterocycles. The molecule has 76 valence electrons. The van der Waals surface area contributed by atoms with Crippen molar-refractivity contribution in [3.05, 3.63) is 5.89 Å². The molecule has 0 atom stereocenters. The van der Waals surface area contributed by atoms with Crippen LogP contribution in [0.4, 0.5) is 9.59 Å². The molecule has 0 spiro atoms. The average Bonchev–Trinajstić information content (AvgIpc) is 2.28. The fraction of sp³-hybridized carbons (Fsp3) is 0.167. The van der Waals surface area contributed by atoms with Crippen molar-refractivity contribution in [1.82, 2.24) is 4.98 Å². The Balaban J connectivity index is 2.90. The van der Waals surface area contributed by atoms with Gasteiger partial charge in [-0.05, 0) is 0 Å². The predicted octanol–water partition coefficient (Wildman–Crippen LogP) is 1.10. The van der Waals surface area contributed by atoms with Gasteiger partial charge < -0.3 is 24.1 Å². The van der Waals surface area contributed by atoms with Crippen LogP contribution in [0.15, 0.2) is 4.42 Å². The van der Waals surface area contributed by atoms with Gasteiger partial charge in [0.1, 0.15) is 0 Å². The predicted molar refractivity (Wildman–Crippen MR) is 38.5 cm³/mol. The third-order valence-corrected chi connectivity index (χ3v) is 1.04. The highest BCUT2D eigenvalue weighted by atomic mass is 16.7. The van der Waals surface area contributed by atoms with Crippen LogP contribution < -0.4 is 9.47 Å². The van der Waals surface area contributed by atoms with Crippen molar-refractivity contribution in [2.75, 3.05) is 0 Å².